The molecule has 1 atom stereocenters. The van der Waals surface area contributed by atoms with Crippen LogP contribution in [-0.2, 0) is 37.1 Å². The van der Waals surface area contributed by atoms with Crippen molar-refractivity contribution in [2.45, 2.75) is 51.6 Å². The smallest absolute Gasteiger partial charge is 0.416 e. The van der Waals surface area contributed by atoms with Gasteiger partial charge in [-0.15, -0.1) is 0 Å². The summed E-state index contributed by atoms with van der Waals surface area (Å²) in [6.45, 7) is 6.20. The molecule has 4 aromatic rings. The lowest BCUT2D eigenvalue weighted by molar-refractivity contribution is -0.139. The SMILES string of the molecule is CC[C@H]1CN(C(=O)Cc2ccc(CN3CCN(CCO)CC3)c(C(F)(F)F)c2)Cc2cc(Oc3ccnc4[nH]c(CO)cc34)ccc21. The predicted molar refractivity (Wildman–Crippen MR) is 171 cm³/mol. The van der Waals surface area contributed by atoms with E-state index >= 15 is 0 Å². The fourth-order valence-corrected chi connectivity index (χ4v) is 6.69. The van der Waals surface area contributed by atoms with Crippen molar-refractivity contribution in [1.29, 1.82) is 0 Å². The molecule has 0 unspecified atom stereocenters. The van der Waals surface area contributed by atoms with Gasteiger partial charge < -0.3 is 24.8 Å². The van der Waals surface area contributed by atoms with Gasteiger partial charge in [-0.2, -0.15) is 13.2 Å². The number of piperazine rings is 1. The first-order chi connectivity index (χ1) is 22.6. The molecule has 1 amide bonds. The third-order valence-corrected chi connectivity index (χ3v) is 9.26. The summed E-state index contributed by atoms with van der Waals surface area (Å²) in [7, 11) is 0. The number of nitrogens with one attached hydrogen (secondary N) is 1. The number of nitrogens with zero attached hydrogens (tertiary/aromatic N) is 4. The van der Waals surface area contributed by atoms with Crippen molar-refractivity contribution in [2.75, 3.05) is 45.9 Å². The number of pyridine rings is 1. The molecule has 1 saturated heterocycles. The van der Waals surface area contributed by atoms with Crippen LogP contribution in [0.3, 0.4) is 0 Å². The summed E-state index contributed by atoms with van der Waals surface area (Å²) >= 11 is 0. The summed E-state index contributed by atoms with van der Waals surface area (Å²) in [5.41, 5.74) is 3.14. The molecule has 2 aliphatic heterocycles. The van der Waals surface area contributed by atoms with E-state index < -0.39 is 11.7 Å². The maximum atomic E-state index is 14.2. The molecule has 4 heterocycles. The van der Waals surface area contributed by atoms with Gasteiger partial charge in [0.1, 0.15) is 17.1 Å². The van der Waals surface area contributed by atoms with Gasteiger partial charge in [-0.3, -0.25) is 14.6 Å². The molecular weight excluding hydrogens is 611 g/mol. The van der Waals surface area contributed by atoms with E-state index in [9.17, 15) is 23.1 Å². The zero-order chi connectivity index (χ0) is 33.1. The van der Waals surface area contributed by atoms with E-state index in [1.54, 1.807) is 29.3 Å². The first kappa shape index (κ1) is 33.0. The highest BCUT2D eigenvalue weighted by molar-refractivity contribution is 5.83. The molecule has 250 valence electrons. The monoisotopic (exact) mass is 651 g/mol. The number of aromatic amines is 1. The number of rotatable bonds is 10. The topological polar surface area (TPSA) is 105 Å². The highest BCUT2D eigenvalue weighted by Gasteiger charge is 2.35. The number of aromatic nitrogens is 2. The van der Waals surface area contributed by atoms with Gasteiger partial charge in [0.25, 0.3) is 0 Å². The lowest BCUT2D eigenvalue weighted by Gasteiger charge is -2.35. The first-order valence-electron chi connectivity index (χ1n) is 16.1. The van der Waals surface area contributed by atoms with E-state index in [0.717, 1.165) is 29.0 Å². The molecule has 47 heavy (non-hydrogen) atoms. The number of aliphatic hydroxyl groups excluding tert-OH is 2. The number of aliphatic hydroxyl groups is 2. The minimum absolute atomic E-state index is 0.0637. The summed E-state index contributed by atoms with van der Waals surface area (Å²) < 4.78 is 48.9. The molecule has 0 radical (unpaired) electrons. The van der Waals surface area contributed by atoms with Crippen LogP contribution >= 0.6 is 0 Å². The summed E-state index contributed by atoms with van der Waals surface area (Å²) in [5, 5.41) is 19.4. The normalized spacial score (nSPS) is 17.7. The number of halogens is 3. The Labute approximate surface area is 271 Å². The third-order valence-electron chi connectivity index (χ3n) is 9.26. The number of hydrogen-bond donors (Lipinski definition) is 3. The van der Waals surface area contributed by atoms with Crippen molar-refractivity contribution in [3.8, 4) is 11.5 Å². The molecule has 9 nitrogen and oxygen atoms in total. The highest BCUT2D eigenvalue weighted by atomic mass is 19.4. The number of hydrogen-bond acceptors (Lipinski definition) is 7. The minimum Gasteiger partial charge on any atom is -0.457 e. The number of fused-ring (bicyclic) bond motifs is 2. The Bertz CT molecular complexity index is 1720. The molecule has 1 fully saturated rings. The van der Waals surface area contributed by atoms with Gasteiger partial charge in [0.2, 0.25) is 5.91 Å². The molecule has 2 aliphatic rings. The van der Waals surface area contributed by atoms with Crippen molar-refractivity contribution in [1.82, 2.24) is 24.7 Å². The minimum atomic E-state index is -4.54. The van der Waals surface area contributed by atoms with E-state index in [4.69, 9.17) is 9.84 Å². The van der Waals surface area contributed by atoms with Crippen LogP contribution in [0.2, 0.25) is 0 Å². The van der Waals surface area contributed by atoms with Crippen molar-refractivity contribution < 1.29 is 32.9 Å². The molecule has 6 rings (SSSR count). The summed E-state index contributed by atoms with van der Waals surface area (Å²) in [6.07, 6.45) is -2.24. The van der Waals surface area contributed by atoms with E-state index in [1.807, 2.05) is 23.1 Å². The van der Waals surface area contributed by atoms with Gasteiger partial charge in [0.15, 0.2) is 0 Å². The quantitative estimate of drug-likeness (QED) is 0.220. The summed E-state index contributed by atoms with van der Waals surface area (Å²) in [6, 6.07) is 13.7. The second kappa shape index (κ2) is 14.0. The largest absolute Gasteiger partial charge is 0.457 e. The lowest BCUT2D eigenvalue weighted by atomic mass is 9.87. The first-order valence-corrected chi connectivity index (χ1v) is 16.1. The average Bonchev–Trinajstić information content (AvgIpc) is 3.50. The Morgan fingerprint density at radius 3 is 2.55 bits per heavy atom. The second-order valence-corrected chi connectivity index (χ2v) is 12.4. The number of carbonyl (C=O) groups excluding carboxylic acids is 1. The molecule has 0 saturated carbocycles. The van der Waals surface area contributed by atoms with Gasteiger partial charge in [-0.1, -0.05) is 25.1 Å². The molecule has 2 aromatic heterocycles. The van der Waals surface area contributed by atoms with Crippen molar-refractivity contribution >= 4 is 16.9 Å². The van der Waals surface area contributed by atoms with Gasteiger partial charge in [-0.25, -0.2) is 4.98 Å². The van der Waals surface area contributed by atoms with Gasteiger partial charge in [-0.05, 0) is 59.0 Å². The Morgan fingerprint density at radius 2 is 1.83 bits per heavy atom. The van der Waals surface area contributed by atoms with Crippen LogP contribution in [0.25, 0.3) is 11.0 Å². The van der Waals surface area contributed by atoms with Crippen LogP contribution in [0.1, 0.15) is 52.8 Å². The lowest BCUT2D eigenvalue weighted by Crippen LogP contribution is -2.46. The van der Waals surface area contributed by atoms with Crippen LogP contribution in [0.5, 0.6) is 11.5 Å². The molecular formula is C35H40F3N5O4. The van der Waals surface area contributed by atoms with E-state index in [-0.39, 0.29) is 43.6 Å². The van der Waals surface area contributed by atoms with Crippen molar-refractivity contribution in [3.05, 3.63) is 88.2 Å². The van der Waals surface area contributed by atoms with Gasteiger partial charge >= 0.3 is 6.18 Å². The van der Waals surface area contributed by atoms with Crippen LogP contribution in [0.15, 0.2) is 54.7 Å². The maximum absolute atomic E-state index is 14.2. The van der Waals surface area contributed by atoms with E-state index in [2.05, 4.69) is 21.8 Å². The molecule has 0 aliphatic carbocycles. The Hall–Kier alpha value is -3.97. The Kier molecular flexibility index (Phi) is 9.83. The number of β-amino-alcohol motifs (C(OH)–C–C–N with tert-alkyl or cyclic N) is 1. The molecule has 2 aromatic carbocycles. The van der Waals surface area contributed by atoms with Crippen LogP contribution < -0.4 is 4.74 Å². The van der Waals surface area contributed by atoms with Gasteiger partial charge in [0.05, 0.1) is 30.6 Å². The highest BCUT2D eigenvalue weighted by Crippen LogP contribution is 2.37. The molecule has 0 bridgehead atoms. The number of ether oxygens (including phenoxy) is 1. The van der Waals surface area contributed by atoms with Crippen LogP contribution in [0, 0.1) is 0 Å². The maximum Gasteiger partial charge on any atom is 0.416 e. The zero-order valence-electron chi connectivity index (χ0n) is 26.4. The zero-order valence-corrected chi connectivity index (χ0v) is 26.4. The fraction of sp³-hybridized carbons (Fsp3) is 0.429. The average molecular weight is 652 g/mol. The van der Waals surface area contributed by atoms with E-state index in [1.165, 1.54) is 6.07 Å². The van der Waals surface area contributed by atoms with Crippen LogP contribution in [0.4, 0.5) is 13.2 Å². The Morgan fingerprint density at radius 1 is 1.04 bits per heavy atom. The number of H-pyrrole nitrogens is 1. The van der Waals surface area contributed by atoms with E-state index in [0.29, 0.717) is 74.2 Å². The Balaban J connectivity index is 1.16. The fourth-order valence-electron chi connectivity index (χ4n) is 6.69. The number of amides is 1. The number of carbonyl (C=O) groups is 1. The number of benzene rings is 2. The summed E-state index contributed by atoms with van der Waals surface area (Å²) in [5.74, 6) is 1.04. The third kappa shape index (κ3) is 7.46. The predicted octanol–water partition coefficient (Wildman–Crippen LogP) is 5.05. The second-order valence-electron chi connectivity index (χ2n) is 12.4. The number of alkyl halides is 3. The molecule has 3 N–H and O–H groups in total. The summed E-state index contributed by atoms with van der Waals surface area (Å²) in [4.78, 5) is 26.8. The van der Waals surface area contributed by atoms with Gasteiger partial charge in [0, 0.05) is 70.2 Å². The standard InChI is InChI=1S/C35H40F3N5O4/c1-2-24-20-43(21-26-17-28(5-6-29(24)26)47-32-7-8-39-34-30(32)18-27(22-45)40-34)33(46)16-23-3-4-25(31(15-23)35(36,37)38)19-42-11-9-41(10-12-42)13-14-44/h3-8,15,17-18,24,44-45H,2,9-14,16,19-22H2,1H3,(H,39,40)/t24-/m0/s1. The molecule has 0 spiro atoms. The van der Waals surface area contributed by atoms with Crippen molar-refractivity contribution in [3.63, 3.8) is 0 Å². The molecule has 12 heteroatoms. The van der Waals surface area contributed by atoms with Crippen LogP contribution in [-0.4, -0.2) is 86.7 Å². The van der Waals surface area contributed by atoms with Crippen molar-refractivity contribution in [2.24, 2.45) is 0 Å².